The van der Waals surface area contributed by atoms with Crippen molar-refractivity contribution in [2.45, 2.75) is 13.0 Å². The minimum Gasteiger partial charge on any atom is -0.338 e. The van der Waals surface area contributed by atoms with Gasteiger partial charge in [-0.15, -0.1) is 0 Å². The Morgan fingerprint density at radius 1 is 1.26 bits per heavy atom. The van der Waals surface area contributed by atoms with E-state index in [4.69, 9.17) is 0 Å². The third-order valence-corrected chi connectivity index (χ3v) is 4.26. The summed E-state index contributed by atoms with van der Waals surface area (Å²) in [5.74, 6) is -0.329. The molecular weight excluding hydrogens is 351 g/mol. The number of hydrogen-bond acceptors (Lipinski definition) is 4. The van der Waals surface area contributed by atoms with Crippen LogP contribution >= 0.6 is 0 Å². The lowest BCUT2D eigenvalue weighted by Gasteiger charge is -2.19. The molecule has 0 radical (unpaired) electrons. The minimum absolute atomic E-state index is 0.127. The van der Waals surface area contributed by atoms with Crippen LogP contribution in [0.25, 0.3) is 0 Å². The number of halogens is 1. The standard InChI is InChI=1S/C19H17FN4O3/c1-12-3-4-14(11-16(12)24(26)27)19(25)22-17(18-21-9-10-23(18)2)13-5-7-15(20)8-6-13/h3-11,17H,1-2H3,(H,22,25). The lowest BCUT2D eigenvalue weighted by molar-refractivity contribution is -0.385. The molecule has 0 bridgehead atoms. The van der Waals surface area contributed by atoms with Crippen LogP contribution in [0, 0.1) is 22.9 Å². The third kappa shape index (κ3) is 3.84. The smallest absolute Gasteiger partial charge is 0.273 e. The number of carbonyl (C=O) groups excluding carboxylic acids is 1. The first kappa shape index (κ1) is 18.2. The van der Waals surface area contributed by atoms with Crippen LogP contribution in [-0.4, -0.2) is 20.4 Å². The summed E-state index contributed by atoms with van der Waals surface area (Å²) >= 11 is 0. The summed E-state index contributed by atoms with van der Waals surface area (Å²) < 4.78 is 15.0. The SMILES string of the molecule is Cc1ccc(C(=O)NC(c2ccc(F)cc2)c2nccn2C)cc1[N+](=O)[O-]. The van der Waals surface area contributed by atoms with Crippen LogP contribution in [0.1, 0.15) is 33.4 Å². The van der Waals surface area contributed by atoms with Gasteiger partial charge in [0.05, 0.1) is 4.92 Å². The van der Waals surface area contributed by atoms with Crippen molar-refractivity contribution in [2.75, 3.05) is 0 Å². The zero-order valence-corrected chi connectivity index (χ0v) is 14.7. The molecule has 0 aliphatic heterocycles. The normalized spacial score (nSPS) is 11.8. The van der Waals surface area contributed by atoms with Crippen LogP contribution in [-0.2, 0) is 7.05 Å². The molecule has 0 aliphatic rings. The van der Waals surface area contributed by atoms with Gasteiger partial charge in [0, 0.05) is 36.6 Å². The molecule has 7 nitrogen and oxygen atoms in total. The van der Waals surface area contributed by atoms with Crippen molar-refractivity contribution in [3.63, 3.8) is 0 Å². The predicted molar refractivity (Wildman–Crippen MR) is 96.8 cm³/mol. The van der Waals surface area contributed by atoms with Crippen molar-refractivity contribution in [3.05, 3.63) is 93.3 Å². The van der Waals surface area contributed by atoms with Crippen LogP contribution in [0.15, 0.2) is 54.9 Å². The van der Waals surface area contributed by atoms with Crippen LogP contribution in [0.5, 0.6) is 0 Å². The van der Waals surface area contributed by atoms with Gasteiger partial charge in [0.25, 0.3) is 11.6 Å². The number of nitro groups is 1. The number of nitrogens with zero attached hydrogens (tertiary/aromatic N) is 3. The summed E-state index contributed by atoms with van der Waals surface area (Å²) in [6, 6.07) is 9.38. The molecule has 3 aromatic rings. The van der Waals surface area contributed by atoms with Gasteiger partial charge in [-0.25, -0.2) is 9.37 Å². The Labute approximate surface area is 154 Å². The number of imidazole rings is 1. The molecule has 1 aromatic heterocycles. The highest BCUT2D eigenvalue weighted by molar-refractivity contribution is 5.95. The molecule has 0 fully saturated rings. The molecule has 0 aliphatic carbocycles. The van der Waals surface area contributed by atoms with Crippen LogP contribution in [0.3, 0.4) is 0 Å². The van der Waals surface area contributed by atoms with Crippen molar-refractivity contribution < 1.29 is 14.1 Å². The molecule has 1 N–H and O–H groups in total. The number of rotatable bonds is 5. The Morgan fingerprint density at radius 2 is 1.96 bits per heavy atom. The van der Waals surface area contributed by atoms with E-state index in [0.717, 1.165) is 0 Å². The van der Waals surface area contributed by atoms with Crippen molar-refractivity contribution in [3.8, 4) is 0 Å². The molecule has 27 heavy (non-hydrogen) atoms. The topological polar surface area (TPSA) is 90.1 Å². The summed E-state index contributed by atoms with van der Waals surface area (Å²) in [5, 5.41) is 14.0. The fraction of sp³-hybridized carbons (Fsp3) is 0.158. The lowest BCUT2D eigenvalue weighted by atomic mass is 10.0. The molecule has 138 valence electrons. The second kappa shape index (κ2) is 7.36. The van der Waals surface area contributed by atoms with Gasteiger partial charge >= 0.3 is 0 Å². The first-order valence-electron chi connectivity index (χ1n) is 8.15. The van der Waals surface area contributed by atoms with Crippen molar-refractivity contribution in [2.24, 2.45) is 7.05 Å². The first-order chi connectivity index (χ1) is 12.9. The number of nitro benzene ring substituents is 1. The molecule has 3 rings (SSSR count). The molecular formula is C19H17FN4O3. The van der Waals surface area contributed by atoms with Gasteiger partial charge in [-0.05, 0) is 30.7 Å². The second-order valence-corrected chi connectivity index (χ2v) is 6.11. The van der Waals surface area contributed by atoms with Gasteiger partial charge in [0.2, 0.25) is 0 Å². The fourth-order valence-electron chi connectivity index (χ4n) is 2.77. The minimum atomic E-state index is -0.640. The van der Waals surface area contributed by atoms with E-state index < -0.39 is 22.7 Å². The Balaban J connectivity index is 1.96. The number of benzene rings is 2. The monoisotopic (exact) mass is 368 g/mol. The van der Waals surface area contributed by atoms with E-state index in [1.54, 1.807) is 43.1 Å². The van der Waals surface area contributed by atoms with Gasteiger partial charge < -0.3 is 9.88 Å². The lowest BCUT2D eigenvalue weighted by Crippen LogP contribution is -2.31. The van der Waals surface area contributed by atoms with Crippen LogP contribution < -0.4 is 5.32 Å². The molecule has 1 heterocycles. The van der Waals surface area contributed by atoms with Crippen molar-refractivity contribution >= 4 is 11.6 Å². The molecule has 0 spiro atoms. The maximum absolute atomic E-state index is 13.3. The van der Waals surface area contributed by atoms with Gasteiger partial charge in [0.1, 0.15) is 17.7 Å². The molecule has 1 atom stereocenters. The largest absolute Gasteiger partial charge is 0.338 e. The number of amides is 1. The molecule has 0 saturated carbocycles. The maximum Gasteiger partial charge on any atom is 0.273 e. The molecule has 1 unspecified atom stereocenters. The van der Waals surface area contributed by atoms with Gasteiger partial charge in [-0.2, -0.15) is 0 Å². The van der Waals surface area contributed by atoms with Crippen molar-refractivity contribution in [1.82, 2.24) is 14.9 Å². The zero-order chi connectivity index (χ0) is 19.6. The van der Waals surface area contributed by atoms with E-state index in [2.05, 4.69) is 10.3 Å². The third-order valence-electron chi connectivity index (χ3n) is 4.26. The van der Waals surface area contributed by atoms with E-state index >= 15 is 0 Å². The Bertz CT molecular complexity index is 998. The Hall–Kier alpha value is -3.55. The number of nitrogens with one attached hydrogen (secondary N) is 1. The predicted octanol–water partition coefficient (Wildman–Crippen LogP) is 3.30. The van der Waals surface area contributed by atoms with Crippen LogP contribution in [0.2, 0.25) is 0 Å². The average molecular weight is 368 g/mol. The maximum atomic E-state index is 13.3. The summed E-state index contributed by atoms with van der Waals surface area (Å²) in [6.45, 7) is 1.61. The van der Waals surface area contributed by atoms with Crippen LogP contribution in [0.4, 0.5) is 10.1 Å². The number of carbonyl (C=O) groups is 1. The highest BCUT2D eigenvalue weighted by Gasteiger charge is 2.23. The number of aromatic nitrogens is 2. The van der Waals surface area contributed by atoms with E-state index in [-0.39, 0.29) is 11.3 Å². The Morgan fingerprint density at radius 3 is 2.56 bits per heavy atom. The second-order valence-electron chi connectivity index (χ2n) is 6.11. The highest BCUT2D eigenvalue weighted by Crippen LogP contribution is 2.23. The van der Waals surface area contributed by atoms with E-state index in [9.17, 15) is 19.3 Å². The summed E-state index contributed by atoms with van der Waals surface area (Å²) in [5.41, 5.74) is 1.14. The average Bonchev–Trinajstić information content (AvgIpc) is 3.06. The van der Waals surface area contributed by atoms with Gasteiger partial charge in [0.15, 0.2) is 0 Å². The van der Waals surface area contributed by atoms with Gasteiger partial charge in [-0.1, -0.05) is 18.2 Å². The zero-order valence-electron chi connectivity index (χ0n) is 14.7. The molecule has 1 amide bonds. The van der Waals surface area contributed by atoms with E-state index in [0.29, 0.717) is 17.0 Å². The van der Waals surface area contributed by atoms with E-state index in [1.165, 1.54) is 30.3 Å². The highest BCUT2D eigenvalue weighted by atomic mass is 19.1. The van der Waals surface area contributed by atoms with Gasteiger partial charge in [-0.3, -0.25) is 14.9 Å². The molecule has 2 aromatic carbocycles. The number of hydrogen-bond donors (Lipinski definition) is 1. The quantitative estimate of drug-likeness (QED) is 0.553. The summed E-state index contributed by atoms with van der Waals surface area (Å²) in [7, 11) is 1.78. The summed E-state index contributed by atoms with van der Waals surface area (Å²) in [6.07, 6.45) is 3.32. The molecule has 0 saturated heterocycles. The summed E-state index contributed by atoms with van der Waals surface area (Å²) in [4.78, 5) is 27.6. The number of aryl methyl sites for hydroxylation is 2. The Kier molecular flexibility index (Phi) is 4.98. The fourth-order valence-corrected chi connectivity index (χ4v) is 2.77. The van der Waals surface area contributed by atoms with Crippen molar-refractivity contribution in [1.29, 1.82) is 0 Å². The molecule has 8 heteroatoms. The van der Waals surface area contributed by atoms with E-state index in [1.807, 2.05) is 0 Å². The first-order valence-corrected chi connectivity index (χ1v) is 8.15.